The average Bonchev–Trinajstić information content (AvgIpc) is 3.37. The van der Waals surface area contributed by atoms with Crippen molar-refractivity contribution >= 4 is 5.91 Å². The molecule has 1 saturated heterocycles. The van der Waals surface area contributed by atoms with Gasteiger partial charge in [0.15, 0.2) is 0 Å². The Kier molecular flexibility index (Phi) is 5.04. The third-order valence-electron chi connectivity index (χ3n) is 6.17. The van der Waals surface area contributed by atoms with E-state index in [2.05, 4.69) is 43.3 Å². The van der Waals surface area contributed by atoms with Crippen molar-refractivity contribution in [1.82, 2.24) is 20.0 Å². The number of benzene rings is 1. The minimum atomic E-state index is 0.0931. The van der Waals surface area contributed by atoms with Crippen molar-refractivity contribution in [3.8, 4) is 0 Å². The van der Waals surface area contributed by atoms with Gasteiger partial charge in [0, 0.05) is 31.9 Å². The highest BCUT2D eigenvalue weighted by Gasteiger charge is 2.30. The van der Waals surface area contributed by atoms with Crippen LogP contribution in [0.4, 0.5) is 0 Å². The molecule has 150 valence electrons. The van der Waals surface area contributed by atoms with Crippen LogP contribution in [0.1, 0.15) is 79.2 Å². The van der Waals surface area contributed by atoms with Gasteiger partial charge in [-0.05, 0) is 60.4 Å². The molecule has 5 heteroatoms. The number of carbonyl (C=O) groups excluding carboxylic acids is 1. The van der Waals surface area contributed by atoms with Crippen molar-refractivity contribution in [2.45, 2.75) is 71.5 Å². The third-order valence-corrected chi connectivity index (χ3v) is 6.17. The lowest BCUT2D eigenvalue weighted by atomic mass is 9.80. The molecule has 1 aromatic carbocycles. The molecule has 5 nitrogen and oxygen atoms in total. The minimum absolute atomic E-state index is 0.0931. The highest BCUT2D eigenvalue weighted by atomic mass is 16.2. The summed E-state index contributed by atoms with van der Waals surface area (Å²) in [5.41, 5.74) is 6.40. The number of fused-ring (bicyclic) bond motifs is 1. The van der Waals surface area contributed by atoms with Crippen molar-refractivity contribution in [3.63, 3.8) is 0 Å². The van der Waals surface area contributed by atoms with Crippen LogP contribution in [0.25, 0.3) is 0 Å². The normalized spacial score (nSPS) is 19.7. The highest BCUT2D eigenvalue weighted by Crippen LogP contribution is 2.36. The van der Waals surface area contributed by atoms with E-state index in [1.807, 2.05) is 22.7 Å². The molecule has 0 saturated carbocycles. The molecule has 4 rings (SSSR count). The van der Waals surface area contributed by atoms with Gasteiger partial charge in [0.25, 0.3) is 5.91 Å². The Morgan fingerprint density at radius 2 is 2.14 bits per heavy atom. The molecular formula is C23H32N4O. The molecule has 1 atom stereocenters. The highest BCUT2D eigenvalue weighted by molar-refractivity contribution is 5.93. The fraction of sp³-hybridized carbons (Fsp3) is 0.565. The Bertz CT molecular complexity index is 871. The van der Waals surface area contributed by atoms with Gasteiger partial charge in [-0.15, -0.1) is 0 Å². The van der Waals surface area contributed by atoms with E-state index in [4.69, 9.17) is 0 Å². The number of aromatic nitrogens is 2. The van der Waals surface area contributed by atoms with Gasteiger partial charge in [0.1, 0.15) is 0 Å². The Balaban J connectivity index is 1.67. The molecule has 0 radical (unpaired) electrons. The lowest BCUT2D eigenvalue weighted by molar-refractivity contribution is 0.0733. The Morgan fingerprint density at radius 3 is 2.79 bits per heavy atom. The summed E-state index contributed by atoms with van der Waals surface area (Å²) in [6, 6.07) is 5.18. The van der Waals surface area contributed by atoms with Crippen LogP contribution in [0.2, 0.25) is 0 Å². The van der Waals surface area contributed by atoms with Gasteiger partial charge < -0.3 is 10.2 Å². The molecule has 1 amide bonds. The van der Waals surface area contributed by atoms with Crippen LogP contribution in [0, 0.1) is 0 Å². The molecule has 3 heterocycles. The molecule has 0 unspecified atom stereocenters. The molecule has 1 N–H and O–H groups in total. The summed E-state index contributed by atoms with van der Waals surface area (Å²) in [5, 5.41) is 7.94. The number of nitrogens with one attached hydrogen (secondary N) is 1. The van der Waals surface area contributed by atoms with Gasteiger partial charge in [-0.25, -0.2) is 0 Å². The molecule has 2 aromatic rings. The molecule has 0 spiro atoms. The second-order valence-corrected chi connectivity index (χ2v) is 9.16. The maximum absolute atomic E-state index is 13.1. The first-order chi connectivity index (χ1) is 13.4. The van der Waals surface area contributed by atoms with Gasteiger partial charge in [0.2, 0.25) is 0 Å². The Labute approximate surface area is 168 Å². The molecule has 28 heavy (non-hydrogen) atoms. The predicted octanol–water partition coefficient (Wildman–Crippen LogP) is 3.82. The summed E-state index contributed by atoms with van der Waals surface area (Å²) in [5.74, 6) is 0.0931. The number of carbonyl (C=O) groups is 1. The van der Waals surface area contributed by atoms with E-state index in [1.165, 1.54) is 35.1 Å². The van der Waals surface area contributed by atoms with Crippen LogP contribution in [0.5, 0.6) is 0 Å². The van der Waals surface area contributed by atoms with Crippen LogP contribution in [0.3, 0.4) is 0 Å². The molecule has 2 aliphatic heterocycles. The van der Waals surface area contributed by atoms with Crippen molar-refractivity contribution in [1.29, 1.82) is 0 Å². The van der Waals surface area contributed by atoms with E-state index < -0.39 is 0 Å². The minimum Gasteiger partial charge on any atom is -0.334 e. The van der Waals surface area contributed by atoms with Crippen molar-refractivity contribution < 1.29 is 4.79 Å². The quantitative estimate of drug-likeness (QED) is 0.881. The number of aryl methyl sites for hydroxylation is 1. The smallest absolute Gasteiger partial charge is 0.257 e. The average molecular weight is 381 g/mol. The third kappa shape index (κ3) is 3.60. The second-order valence-electron chi connectivity index (χ2n) is 9.16. The van der Waals surface area contributed by atoms with Gasteiger partial charge in [-0.3, -0.25) is 9.48 Å². The lowest BCUT2D eigenvalue weighted by Crippen LogP contribution is -2.37. The van der Waals surface area contributed by atoms with Crippen molar-refractivity contribution in [2.24, 2.45) is 0 Å². The fourth-order valence-electron chi connectivity index (χ4n) is 4.39. The maximum atomic E-state index is 13.1. The van der Waals surface area contributed by atoms with Gasteiger partial charge in [-0.1, -0.05) is 32.9 Å². The predicted molar refractivity (Wildman–Crippen MR) is 111 cm³/mol. The number of hydrogen-bond acceptors (Lipinski definition) is 3. The van der Waals surface area contributed by atoms with E-state index in [9.17, 15) is 4.79 Å². The second kappa shape index (κ2) is 7.36. The van der Waals surface area contributed by atoms with E-state index in [-0.39, 0.29) is 11.3 Å². The van der Waals surface area contributed by atoms with Crippen LogP contribution in [-0.4, -0.2) is 33.7 Å². The maximum Gasteiger partial charge on any atom is 0.257 e. The summed E-state index contributed by atoms with van der Waals surface area (Å²) in [6.07, 6.45) is 6.88. The first-order valence-electron chi connectivity index (χ1n) is 10.6. The number of hydrogen-bond donors (Lipinski definition) is 1. The van der Waals surface area contributed by atoms with Gasteiger partial charge >= 0.3 is 0 Å². The summed E-state index contributed by atoms with van der Waals surface area (Å²) in [4.78, 5) is 15.0. The molecule has 2 aliphatic rings. The zero-order chi connectivity index (χ0) is 19.9. The van der Waals surface area contributed by atoms with Crippen molar-refractivity contribution in [3.05, 3.63) is 52.3 Å². The number of amides is 1. The molecule has 1 fully saturated rings. The SMILES string of the molecule is CCn1cc(C(=O)N2CCc3cc(C(C)(C)C)cc([C@@H]4CCCN4)c3C2)cn1. The zero-order valence-electron chi connectivity index (χ0n) is 17.6. The van der Waals surface area contributed by atoms with Crippen LogP contribution in [0.15, 0.2) is 24.5 Å². The number of rotatable bonds is 3. The topological polar surface area (TPSA) is 50.2 Å². The first kappa shape index (κ1) is 19.2. The van der Waals surface area contributed by atoms with Crippen LogP contribution in [-0.2, 0) is 24.9 Å². The summed E-state index contributed by atoms with van der Waals surface area (Å²) >= 11 is 0. The van der Waals surface area contributed by atoms with E-state index in [1.54, 1.807) is 6.20 Å². The van der Waals surface area contributed by atoms with Gasteiger partial charge in [-0.2, -0.15) is 5.10 Å². The lowest BCUT2D eigenvalue weighted by Gasteiger charge is -2.33. The molecule has 0 bridgehead atoms. The summed E-state index contributed by atoms with van der Waals surface area (Å²) in [6.45, 7) is 12.2. The summed E-state index contributed by atoms with van der Waals surface area (Å²) in [7, 11) is 0. The van der Waals surface area contributed by atoms with Gasteiger partial charge in [0.05, 0.1) is 11.8 Å². The molecule has 0 aliphatic carbocycles. The van der Waals surface area contributed by atoms with E-state index >= 15 is 0 Å². The van der Waals surface area contributed by atoms with E-state index in [0.717, 1.165) is 26.1 Å². The Morgan fingerprint density at radius 1 is 1.32 bits per heavy atom. The Hall–Kier alpha value is -2.14. The van der Waals surface area contributed by atoms with Crippen LogP contribution >= 0.6 is 0 Å². The summed E-state index contributed by atoms with van der Waals surface area (Å²) < 4.78 is 1.81. The molecule has 1 aromatic heterocycles. The molecular weight excluding hydrogens is 348 g/mol. The standard InChI is InChI=1S/C23H32N4O/c1-5-27-14-17(13-25-27)22(28)26-10-8-16-11-18(23(2,3)4)12-19(20(16)15-26)21-7-6-9-24-21/h11-14,21,24H,5-10,15H2,1-4H3/t21-/m0/s1. The first-order valence-corrected chi connectivity index (χ1v) is 10.6. The monoisotopic (exact) mass is 380 g/mol. The fourth-order valence-corrected chi connectivity index (χ4v) is 4.39. The van der Waals surface area contributed by atoms with Crippen LogP contribution < -0.4 is 5.32 Å². The van der Waals surface area contributed by atoms with Crippen molar-refractivity contribution in [2.75, 3.05) is 13.1 Å². The number of nitrogens with zero attached hydrogens (tertiary/aromatic N) is 3. The largest absolute Gasteiger partial charge is 0.334 e. The van der Waals surface area contributed by atoms with E-state index in [0.29, 0.717) is 18.2 Å². The zero-order valence-corrected chi connectivity index (χ0v) is 17.6.